The Morgan fingerprint density at radius 2 is 2.00 bits per heavy atom. The van der Waals surface area contributed by atoms with Crippen LogP contribution >= 0.6 is 0 Å². The molecule has 0 saturated heterocycles. The van der Waals surface area contributed by atoms with Gasteiger partial charge in [0.15, 0.2) is 0 Å². The largest absolute Gasteiger partial charge is 0.345 e. The minimum atomic E-state index is -0.0885. The van der Waals surface area contributed by atoms with Crippen molar-refractivity contribution < 1.29 is 9.59 Å². The molecule has 20 heavy (non-hydrogen) atoms. The van der Waals surface area contributed by atoms with Crippen LogP contribution in [-0.4, -0.2) is 36.9 Å². The lowest BCUT2D eigenvalue weighted by Crippen LogP contribution is -2.23. The van der Waals surface area contributed by atoms with Crippen LogP contribution in [0.25, 0.3) is 0 Å². The van der Waals surface area contributed by atoms with E-state index in [1.807, 2.05) is 19.9 Å². The van der Waals surface area contributed by atoms with Crippen molar-refractivity contribution in [2.75, 3.05) is 19.4 Å². The number of nitrogens with zero attached hydrogens (tertiary/aromatic N) is 1. The molecule has 0 saturated carbocycles. The van der Waals surface area contributed by atoms with E-state index < -0.39 is 0 Å². The maximum absolute atomic E-state index is 12.0. The standard InChI is InChI=1S/C15H23N3O2/c1-10-5-7-12(9-13(10)15(20)18(3)4)17-14(19)8-6-11(2)16/h5,7,9,11H,6,8,16H2,1-4H3,(H,17,19). The van der Waals surface area contributed by atoms with Crippen LogP contribution in [0.4, 0.5) is 5.69 Å². The summed E-state index contributed by atoms with van der Waals surface area (Å²) in [5.41, 5.74) is 7.74. The van der Waals surface area contributed by atoms with Crippen molar-refractivity contribution in [3.63, 3.8) is 0 Å². The van der Waals surface area contributed by atoms with Gasteiger partial charge in [0.1, 0.15) is 0 Å². The van der Waals surface area contributed by atoms with Gasteiger partial charge in [-0.2, -0.15) is 0 Å². The third-order valence-corrected chi connectivity index (χ3v) is 2.98. The molecule has 1 unspecified atom stereocenters. The predicted octanol–water partition coefficient (Wildman–Crippen LogP) is 1.76. The summed E-state index contributed by atoms with van der Waals surface area (Å²) in [6, 6.07) is 5.34. The Kier molecular flexibility index (Phi) is 5.70. The molecule has 3 N–H and O–H groups in total. The molecule has 0 aliphatic rings. The van der Waals surface area contributed by atoms with Crippen molar-refractivity contribution in [1.29, 1.82) is 0 Å². The lowest BCUT2D eigenvalue weighted by atomic mass is 10.1. The minimum Gasteiger partial charge on any atom is -0.345 e. The Morgan fingerprint density at radius 1 is 1.35 bits per heavy atom. The van der Waals surface area contributed by atoms with Gasteiger partial charge in [0, 0.05) is 37.8 Å². The summed E-state index contributed by atoms with van der Waals surface area (Å²) in [5, 5.41) is 2.79. The number of nitrogens with one attached hydrogen (secondary N) is 1. The fourth-order valence-electron chi connectivity index (χ4n) is 1.75. The summed E-state index contributed by atoms with van der Waals surface area (Å²) in [4.78, 5) is 25.3. The molecule has 0 aliphatic carbocycles. The Labute approximate surface area is 120 Å². The second kappa shape index (κ2) is 7.05. The van der Waals surface area contributed by atoms with Gasteiger partial charge in [-0.3, -0.25) is 9.59 Å². The van der Waals surface area contributed by atoms with E-state index in [0.29, 0.717) is 24.1 Å². The van der Waals surface area contributed by atoms with Crippen molar-refractivity contribution in [3.8, 4) is 0 Å². The first-order chi connectivity index (χ1) is 9.31. The molecule has 5 heteroatoms. The topological polar surface area (TPSA) is 75.4 Å². The second-order valence-corrected chi connectivity index (χ2v) is 5.29. The first kappa shape index (κ1) is 16.2. The zero-order valence-electron chi connectivity index (χ0n) is 12.6. The van der Waals surface area contributed by atoms with E-state index in [2.05, 4.69) is 5.32 Å². The van der Waals surface area contributed by atoms with Gasteiger partial charge in [-0.05, 0) is 38.0 Å². The third kappa shape index (κ3) is 4.66. The van der Waals surface area contributed by atoms with E-state index in [-0.39, 0.29) is 17.9 Å². The lowest BCUT2D eigenvalue weighted by Gasteiger charge is -2.14. The van der Waals surface area contributed by atoms with E-state index in [4.69, 9.17) is 5.73 Å². The monoisotopic (exact) mass is 277 g/mol. The molecule has 2 amide bonds. The van der Waals surface area contributed by atoms with Gasteiger partial charge in [-0.25, -0.2) is 0 Å². The van der Waals surface area contributed by atoms with E-state index in [0.717, 1.165) is 5.56 Å². The maximum atomic E-state index is 12.0. The van der Waals surface area contributed by atoms with Crippen LogP contribution in [0.2, 0.25) is 0 Å². The number of anilines is 1. The number of benzene rings is 1. The van der Waals surface area contributed by atoms with Crippen LogP contribution in [0.3, 0.4) is 0 Å². The van der Waals surface area contributed by atoms with Crippen LogP contribution in [0.15, 0.2) is 18.2 Å². The SMILES string of the molecule is Cc1ccc(NC(=O)CCC(C)N)cc1C(=O)N(C)C. The highest BCUT2D eigenvalue weighted by molar-refractivity contribution is 5.98. The summed E-state index contributed by atoms with van der Waals surface area (Å²) >= 11 is 0. The fraction of sp³-hybridized carbons (Fsp3) is 0.467. The van der Waals surface area contributed by atoms with E-state index in [1.54, 1.807) is 26.2 Å². The van der Waals surface area contributed by atoms with E-state index in [9.17, 15) is 9.59 Å². The van der Waals surface area contributed by atoms with Gasteiger partial charge in [-0.1, -0.05) is 6.07 Å². The number of hydrogen-bond acceptors (Lipinski definition) is 3. The first-order valence-corrected chi connectivity index (χ1v) is 6.69. The molecule has 0 aliphatic heterocycles. The molecule has 0 bridgehead atoms. The van der Waals surface area contributed by atoms with Crippen LogP contribution in [0, 0.1) is 6.92 Å². The number of carbonyl (C=O) groups excluding carboxylic acids is 2. The molecular weight excluding hydrogens is 254 g/mol. The Morgan fingerprint density at radius 3 is 2.55 bits per heavy atom. The number of hydrogen-bond donors (Lipinski definition) is 2. The first-order valence-electron chi connectivity index (χ1n) is 6.69. The van der Waals surface area contributed by atoms with Crippen molar-refractivity contribution >= 4 is 17.5 Å². The molecule has 0 spiro atoms. The summed E-state index contributed by atoms with van der Waals surface area (Å²) in [6.07, 6.45) is 1.02. The molecular formula is C15H23N3O2. The Balaban J connectivity index is 2.80. The van der Waals surface area contributed by atoms with Gasteiger partial charge < -0.3 is 16.0 Å². The quantitative estimate of drug-likeness (QED) is 0.861. The molecule has 0 radical (unpaired) electrons. The van der Waals surface area contributed by atoms with Crippen LogP contribution in [-0.2, 0) is 4.79 Å². The van der Waals surface area contributed by atoms with Gasteiger partial charge in [0.05, 0.1) is 0 Å². The van der Waals surface area contributed by atoms with Gasteiger partial charge >= 0.3 is 0 Å². The lowest BCUT2D eigenvalue weighted by molar-refractivity contribution is -0.116. The minimum absolute atomic E-state index is 0.00430. The molecule has 1 atom stereocenters. The highest BCUT2D eigenvalue weighted by Crippen LogP contribution is 2.17. The maximum Gasteiger partial charge on any atom is 0.253 e. The summed E-state index contributed by atoms with van der Waals surface area (Å²) in [7, 11) is 3.41. The summed E-state index contributed by atoms with van der Waals surface area (Å²) in [6.45, 7) is 3.74. The molecule has 0 aromatic heterocycles. The molecule has 1 aromatic rings. The Hall–Kier alpha value is -1.88. The van der Waals surface area contributed by atoms with Crippen LogP contribution < -0.4 is 11.1 Å². The number of amides is 2. The molecule has 0 heterocycles. The molecule has 1 aromatic carbocycles. The number of carbonyl (C=O) groups is 2. The molecule has 1 rings (SSSR count). The second-order valence-electron chi connectivity index (χ2n) is 5.29. The Bertz CT molecular complexity index is 496. The summed E-state index contributed by atoms with van der Waals surface area (Å²) < 4.78 is 0. The average molecular weight is 277 g/mol. The van der Waals surface area contributed by atoms with Gasteiger partial charge in [-0.15, -0.1) is 0 Å². The number of aryl methyl sites for hydroxylation is 1. The van der Waals surface area contributed by atoms with Gasteiger partial charge in [0.2, 0.25) is 5.91 Å². The van der Waals surface area contributed by atoms with Crippen LogP contribution in [0.5, 0.6) is 0 Å². The highest BCUT2D eigenvalue weighted by Gasteiger charge is 2.12. The zero-order valence-corrected chi connectivity index (χ0v) is 12.6. The van der Waals surface area contributed by atoms with E-state index in [1.165, 1.54) is 4.90 Å². The van der Waals surface area contributed by atoms with Gasteiger partial charge in [0.25, 0.3) is 5.91 Å². The predicted molar refractivity (Wildman–Crippen MR) is 80.7 cm³/mol. The number of rotatable bonds is 5. The molecule has 0 fully saturated rings. The normalized spacial score (nSPS) is 11.8. The fourth-order valence-corrected chi connectivity index (χ4v) is 1.75. The highest BCUT2D eigenvalue weighted by atomic mass is 16.2. The molecule has 5 nitrogen and oxygen atoms in total. The zero-order chi connectivity index (χ0) is 15.3. The molecule has 110 valence electrons. The van der Waals surface area contributed by atoms with Crippen molar-refractivity contribution in [3.05, 3.63) is 29.3 Å². The van der Waals surface area contributed by atoms with Crippen molar-refractivity contribution in [2.45, 2.75) is 32.7 Å². The smallest absolute Gasteiger partial charge is 0.253 e. The van der Waals surface area contributed by atoms with Crippen molar-refractivity contribution in [1.82, 2.24) is 4.90 Å². The average Bonchev–Trinajstić information content (AvgIpc) is 2.37. The van der Waals surface area contributed by atoms with E-state index >= 15 is 0 Å². The van der Waals surface area contributed by atoms with Crippen molar-refractivity contribution in [2.24, 2.45) is 5.73 Å². The van der Waals surface area contributed by atoms with Crippen LogP contribution in [0.1, 0.15) is 35.7 Å². The third-order valence-electron chi connectivity index (χ3n) is 2.98. The number of nitrogens with two attached hydrogens (primary N) is 1. The summed E-state index contributed by atoms with van der Waals surface area (Å²) in [5.74, 6) is -0.163.